The van der Waals surface area contributed by atoms with Crippen molar-refractivity contribution in [3.05, 3.63) is 42.6 Å². The number of carbonyl (C=O) groups excluding carboxylic acids is 3. The van der Waals surface area contributed by atoms with Crippen LogP contribution in [0.4, 0.5) is 18.0 Å². The van der Waals surface area contributed by atoms with Gasteiger partial charge in [-0.15, -0.1) is 0 Å². The van der Waals surface area contributed by atoms with E-state index in [1.165, 1.54) is 20.2 Å². The van der Waals surface area contributed by atoms with Crippen molar-refractivity contribution in [1.29, 1.82) is 0 Å². The van der Waals surface area contributed by atoms with E-state index in [0.717, 1.165) is 4.90 Å². The van der Waals surface area contributed by atoms with E-state index in [1.54, 1.807) is 36.4 Å². The minimum absolute atomic E-state index is 0.0625. The minimum atomic E-state index is -5.09. The Hall–Kier alpha value is -4.61. The second-order valence-corrected chi connectivity index (χ2v) is 18.1. The Kier molecular flexibility index (Phi) is 11.0. The number of halogens is 3. The van der Waals surface area contributed by atoms with Crippen molar-refractivity contribution in [3.8, 4) is 11.6 Å². The number of hydrogen-bond donors (Lipinski definition) is 3. The number of nitrogens with one attached hydrogen (secondary N) is 2. The molecule has 4 amide bonds. The number of allylic oxidation sites excluding steroid dienone is 1. The van der Waals surface area contributed by atoms with Crippen LogP contribution >= 0.6 is 0 Å². The molecule has 0 bridgehead atoms. The van der Waals surface area contributed by atoms with Crippen molar-refractivity contribution in [1.82, 2.24) is 24.8 Å². The van der Waals surface area contributed by atoms with Crippen LogP contribution in [0.2, 0.25) is 0 Å². The maximum atomic E-state index is 14.9. The molecule has 0 unspecified atom stereocenters. The normalized spacial score (nSPS) is 29.0. The van der Waals surface area contributed by atoms with Gasteiger partial charge in [-0.05, 0) is 93.9 Å². The predicted octanol–water partition coefficient (Wildman–Crippen LogP) is 4.78. The molecule has 2 aliphatic carbocycles. The van der Waals surface area contributed by atoms with E-state index in [0.29, 0.717) is 56.1 Å². The summed E-state index contributed by atoms with van der Waals surface area (Å²) in [6.07, 6.45) is -1.20. The molecule has 7 atom stereocenters. The first kappa shape index (κ1) is 41.0. The van der Waals surface area contributed by atoms with E-state index in [2.05, 4.69) is 15.0 Å². The van der Waals surface area contributed by atoms with Crippen LogP contribution < -0.4 is 19.5 Å². The molecule has 56 heavy (non-hydrogen) atoms. The Balaban J connectivity index is 1.42. The summed E-state index contributed by atoms with van der Waals surface area (Å²) >= 11 is 0. The molecular weight excluding hydrogens is 760 g/mol. The summed E-state index contributed by atoms with van der Waals surface area (Å²) in [5.41, 5.74) is -4.72. The smallest absolute Gasteiger partial charge is 0.411 e. The van der Waals surface area contributed by atoms with E-state index in [-0.39, 0.29) is 42.5 Å². The number of alkyl halides is 3. The lowest BCUT2D eigenvalue weighted by atomic mass is 9.85. The fourth-order valence-corrected chi connectivity index (χ4v) is 9.36. The zero-order chi connectivity index (χ0) is 41.0. The van der Waals surface area contributed by atoms with Crippen molar-refractivity contribution in [2.45, 2.75) is 113 Å². The van der Waals surface area contributed by atoms with Gasteiger partial charge in [0.2, 0.25) is 27.7 Å². The molecule has 1 saturated heterocycles. The highest BCUT2D eigenvalue weighted by Crippen LogP contribution is 2.47. The number of sulfonamides is 1. The van der Waals surface area contributed by atoms with Crippen molar-refractivity contribution in [2.75, 3.05) is 13.7 Å². The summed E-state index contributed by atoms with van der Waals surface area (Å²) in [7, 11) is -2.50. The largest absolute Gasteiger partial charge is 0.497 e. The Morgan fingerprint density at radius 2 is 1.82 bits per heavy atom. The van der Waals surface area contributed by atoms with Gasteiger partial charge in [0.05, 0.1) is 18.9 Å². The SMILES string of the molecule is COc1ccc2c(O[C@@H]3C[C@H]4C(=O)N[C@]5(C(=O)NS(=O)(=O)C6CC6)C[C@H]5C=CCC[C@H](C)C[C@@H](C)[C@H](N(C(=O)O)C(C)(C)C(F)(F)F)C(=O)N4C3)nccc2c1. The lowest BCUT2D eigenvalue weighted by Crippen LogP contribution is -2.66. The summed E-state index contributed by atoms with van der Waals surface area (Å²) in [6.45, 7) is 4.41. The molecule has 0 spiro atoms. The van der Waals surface area contributed by atoms with Gasteiger partial charge < -0.3 is 24.8 Å². The monoisotopic (exact) mass is 807 g/mol. The topological polar surface area (TPSA) is 185 Å². The average molecular weight is 808 g/mol. The summed E-state index contributed by atoms with van der Waals surface area (Å²) in [6, 6.07) is 3.54. The fraction of sp³-hybridized carbons (Fsp3) is 0.605. The minimum Gasteiger partial charge on any atom is -0.497 e. The molecule has 2 aliphatic heterocycles. The molecule has 2 aromatic rings. The van der Waals surface area contributed by atoms with Crippen LogP contribution in [0.5, 0.6) is 11.6 Å². The average Bonchev–Trinajstić information content (AvgIpc) is 4.04. The van der Waals surface area contributed by atoms with Gasteiger partial charge in [0.15, 0.2) is 0 Å². The molecule has 2 saturated carbocycles. The lowest BCUT2D eigenvalue weighted by molar-refractivity contribution is -0.222. The van der Waals surface area contributed by atoms with E-state index < -0.39 is 86.4 Å². The first-order chi connectivity index (χ1) is 26.2. The van der Waals surface area contributed by atoms with Crippen LogP contribution in [0.3, 0.4) is 0 Å². The number of carboxylic acid groups (broad SMARTS) is 1. The highest BCUT2D eigenvalue weighted by atomic mass is 32.2. The number of methoxy groups -OCH3 is 1. The fourth-order valence-electron chi connectivity index (χ4n) is 7.99. The Labute approximate surface area is 323 Å². The number of benzene rings is 1. The quantitative estimate of drug-likeness (QED) is 0.314. The molecule has 18 heteroatoms. The third kappa shape index (κ3) is 7.98. The first-order valence-corrected chi connectivity index (χ1v) is 20.3. The summed E-state index contributed by atoms with van der Waals surface area (Å²) in [5.74, 6) is -3.85. The first-order valence-electron chi connectivity index (χ1n) is 18.7. The van der Waals surface area contributed by atoms with Crippen molar-refractivity contribution in [3.63, 3.8) is 0 Å². The van der Waals surface area contributed by atoms with Crippen molar-refractivity contribution >= 4 is 44.6 Å². The standard InChI is InChI=1S/C38H48F3N5O9S/c1-21-8-6-7-9-24-19-37(24,34(49)44-56(52,53)27-11-12-27)43-31(47)29-18-26(55-32-28-13-10-25(54-5)17-23(28)14-15-42-32)20-45(29)33(48)30(22(2)16-21)46(35(50)51)36(3,4)38(39,40)41/h7,9-10,13-15,17,21-22,24,26-27,29-30H,6,8,11-12,16,18-20H2,1-5H3,(H,43,47)(H,44,49)(H,50,51)/t21-,22+,24+,26+,29-,30-,37+/m0/s1. The molecule has 1 aromatic carbocycles. The van der Waals surface area contributed by atoms with Gasteiger partial charge in [0.1, 0.15) is 35.0 Å². The molecule has 0 radical (unpaired) electrons. The van der Waals surface area contributed by atoms with Gasteiger partial charge in [0, 0.05) is 23.9 Å². The van der Waals surface area contributed by atoms with E-state index in [9.17, 15) is 45.9 Å². The number of fused-ring (bicyclic) bond motifs is 3. The zero-order valence-electron chi connectivity index (χ0n) is 31.8. The summed E-state index contributed by atoms with van der Waals surface area (Å²) in [5, 5.41) is 13.7. The van der Waals surface area contributed by atoms with E-state index >= 15 is 0 Å². The molecule has 4 aliphatic rings. The van der Waals surface area contributed by atoms with E-state index in [1.807, 2.05) is 6.92 Å². The second-order valence-electron chi connectivity index (χ2n) is 16.1. The third-order valence-electron chi connectivity index (χ3n) is 11.6. The molecule has 3 heterocycles. The van der Waals surface area contributed by atoms with Gasteiger partial charge in [0.25, 0.3) is 5.91 Å². The molecule has 3 fully saturated rings. The van der Waals surface area contributed by atoms with Crippen molar-refractivity contribution < 1.29 is 55.3 Å². The maximum absolute atomic E-state index is 14.9. The maximum Gasteiger partial charge on any atom is 0.411 e. The third-order valence-corrected chi connectivity index (χ3v) is 13.4. The Morgan fingerprint density at radius 3 is 2.46 bits per heavy atom. The van der Waals surface area contributed by atoms with Crippen LogP contribution in [0, 0.1) is 17.8 Å². The van der Waals surface area contributed by atoms with Crippen LogP contribution in [0.1, 0.15) is 72.6 Å². The Morgan fingerprint density at radius 1 is 1.11 bits per heavy atom. The number of aromatic nitrogens is 1. The summed E-state index contributed by atoms with van der Waals surface area (Å²) < 4.78 is 83.4. The molecular formula is C38H48F3N5O9S. The number of hydrogen-bond acceptors (Lipinski definition) is 9. The molecule has 14 nitrogen and oxygen atoms in total. The number of nitrogens with zero attached hydrogens (tertiary/aromatic N) is 3. The van der Waals surface area contributed by atoms with Crippen LogP contribution in [0.25, 0.3) is 10.8 Å². The number of rotatable bonds is 8. The highest BCUT2D eigenvalue weighted by molar-refractivity contribution is 7.91. The Bertz CT molecular complexity index is 2020. The van der Waals surface area contributed by atoms with Gasteiger partial charge in [-0.3, -0.25) is 24.0 Å². The molecule has 6 rings (SSSR count). The second kappa shape index (κ2) is 15.0. The van der Waals surface area contributed by atoms with Gasteiger partial charge in [-0.1, -0.05) is 26.0 Å². The highest BCUT2D eigenvalue weighted by Gasteiger charge is 2.63. The number of ether oxygens (including phenoxy) is 2. The lowest BCUT2D eigenvalue weighted by Gasteiger charge is -2.45. The number of carbonyl (C=O) groups is 4. The number of pyridine rings is 1. The molecule has 1 aromatic heterocycles. The number of amides is 4. The molecule has 3 N–H and O–H groups in total. The van der Waals surface area contributed by atoms with Crippen LogP contribution in [0.15, 0.2) is 42.6 Å². The van der Waals surface area contributed by atoms with Crippen LogP contribution in [-0.2, 0) is 24.4 Å². The van der Waals surface area contributed by atoms with Gasteiger partial charge >= 0.3 is 12.3 Å². The van der Waals surface area contributed by atoms with Gasteiger partial charge in [-0.25, -0.2) is 18.2 Å². The predicted molar refractivity (Wildman–Crippen MR) is 197 cm³/mol. The van der Waals surface area contributed by atoms with Crippen LogP contribution in [-0.4, -0.2) is 106 Å². The van der Waals surface area contributed by atoms with Crippen molar-refractivity contribution in [2.24, 2.45) is 17.8 Å². The van der Waals surface area contributed by atoms with Gasteiger partial charge in [-0.2, -0.15) is 13.2 Å². The summed E-state index contributed by atoms with van der Waals surface area (Å²) in [4.78, 5) is 61.6. The van der Waals surface area contributed by atoms with E-state index in [4.69, 9.17) is 9.47 Å². The zero-order valence-corrected chi connectivity index (χ0v) is 32.7. The molecule has 306 valence electrons.